The highest BCUT2D eigenvalue weighted by molar-refractivity contribution is 5.81. The molecule has 0 aliphatic heterocycles. The van der Waals surface area contributed by atoms with Crippen LogP contribution in [0, 0.1) is 0 Å². The highest BCUT2D eigenvalue weighted by atomic mass is 16.5. The van der Waals surface area contributed by atoms with E-state index in [1.54, 1.807) is 7.11 Å². The van der Waals surface area contributed by atoms with Crippen molar-refractivity contribution in [3.63, 3.8) is 0 Å². The van der Waals surface area contributed by atoms with E-state index in [-0.39, 0.29) is 5.60 Å². The molecule has 0 bridgehead atoms. The van der Waals surface area contributed by atoms with Crippen molar-refractivity contribution in [1.29, 1.82) is 0 Å². The van der Waals surface area contributed by atoms with Gasteiger partial charge in [0, 0.05) is 31.4 Å². The van der Waals surface area contributed by atoms with Crippen LogP contribution in [0.15, 0.2) is 30.3 Å². The fraction of sp³-hybridized carbons (Fsp3) is 0.467. The number of aromatic nitrogens is 1. The molecule has 0 aliphatic rings. The van der Waals surface area contributed by atoms with Crippen LogP contribution in [0.1, 0.15) is 26.0 Å². The van der Waals surface area contributed by atoms with Crippen LogP contribution in [0.2, 0.25) is 0 Å². The van der Waals surface area contributed by atoms with Gasteiger partial charge in [0.1, 0.15) is 0 Å². The molecule has 3 heteroatoms. The summed E-state index contributed by atoms with van der Waals surface area (Å²) in [6.45, 7) is 5.73. The van der Waals surface area contributed by atoms with Crippen molar-refractivity contribution in [2.75, 3.05) is 7.11 Å². The van der Waals surface area contributed by atoms with E-state index in [1.165, 1.54) is 16.6 Å². The van der Waals surface area contributed by atoms with Gasteiger partial charge in [0.25, 0.3) is 0 Å². The molecule has 2 aromatic rings. The molecule has 18 heavy (non-hydrogen) atoms. The number of para-hydroxylation sites is 1. The van der Waals surface area contributed by atoms with Gasteiger partial charge in [0.05, 0.1) is 5.60 Å². The van der Waals surface area contributed by atoms with Gasteiger partial charge in [0.2, 0.25) is 0 Å². The normalized spacial score (nSPS) is 12.2. The third kappa shape index (κ3) is 2.57. The monoisotopic (exact) mass is 246 g/mol. The number of benzene rings is 1. The Labute approximate surface area is 109 Å². The van der Waals surface area contributed by atoms with Crippen LogP contribution < -0.4 is 5.73 Å². The molecule has 0 radical (unpaired) electrons. The van der Waals surface area contributed by atoms with E-state index in [0.717, 1.165) is 13.0 Å². The highest BCUT2D eigenvalue weighted by Gasteiger charge is 2.17. The second kappa shape index (κ2) is 5.12. The Kier molecular flexibility index (Phi) is 3.73. The Morgan fingerprint density at radius 1 is 1.28 bits per heavy atom. The minimum atomic E-state index is -0.1000. The lowest BCUT2D eigenvalue weighted by atomic mass is 10.1. The molecule has 0 spiro atoms. The van der Waals surface area contributed by atoms with Gasteiger partial charge in [-0.05, 0) is 37.8 Å². The lowest BCUT2D eigenvalue weighted by Crippen LogP contribution is -2.25. The molecule has 1 heterocycles. The molecule has 1 aromatic heterocycles. The van der Waals surface area contributed by atoms with Crippen molar-refractivity contribution in [2.24, 2.45) is 5.73 Å². The summed E-state index contributed by atoms with van der Waals surface area (Å²) in [6, 6.07) is 10.6. The molecule has 0 unspecified atom stereocenters. The van der Waals surface area contributed by atoms with Crippen LogP contribution in [0.3, 0.4) is 0 Å². The maximum Gasteiger partial charge on any atom is 0.0639 e. The Morgan fingerprint density at radius 3 is 2.67 bits per heavy atom. The summed E-state index contributed by atoms with van der Waals surface area (Å²) in [7, 11) is 1.76. The highest BCUT2D eigenvalue weighted by Crippen LogP contribution is 2.22. The Bertz CT molecular complexity index is 528. The number of fused-ring (bicyclic) bond motifs is 1. The molecule has 1 aromatic carbocycles. The average Bonchev–Trinajstić information content (AvgIpc) is 2.74. The van der Waals surface area contributed by atoms with Gasteiger partial charge in [-0.1, -0.05) is 18.2 Å². The van der Waals surface area contributed by atoms with Crippen molar-refractivity contribution < 1.29 is 4.74 Å². The molecule has 0 saturated heterocycles. The second-order valence-electron chi connectivity index (χ2n) is 5.26. The zero-order valence-electron chi connectivity index (χ0n) is 11.4. The summed E-state index contributed by atoms with van der Waals surface area (Å²) in [5.41, 5.74) is 8.17. The summed E-state index contributed by atoms with van der Waals surface area (Å²) in [6.07, 6.45) is 0.967. The lowest BCUT2D eigenvalue weighted by molar-refractivity contribution is 0.0122. The van der Waals surface area contributed by atoms with E-state index in [9.17, 15) is 0 Å². The van der Waals surface area contributed by atoms with Crippen molar-refractivity contribution in [3.8, 4) is 0 Å². The number of nitrogens with zero attached hydrogens (tertiary/aromatic N) is 1. The fourth-order valence-electron chi connectivity index (χ4n) is 2.18. The van der Waals surface area contributed by atoms with Crippen LogP contribution >= 0.6 is 0 Å². The van der Waals surface area contributed by atoms with Crippen molar-refractivity contribution in [3.05, 3.63) is 36.0 Å². The Balaban J connectivity index is 2.31. The smallest absolute Gasteiger partial charge is 0.0639 e. The van der Waals surface area contributed by atoms with Gasteiger partial charge in [-0.2, -0.15) is 0 Å². The van der Waals surface area contributed by atoms with Crippen LogP contribution in [-0.4, -0.2) is 17.3 Å². The molecule has 98 valence electrons. The van der Waals surface area contributed by atoms with Crippen LogP contribution in [-0.2, 0) is 17.8 Å². The molecular formula is C15H22N2O. The molecule has 0 saturated carbocycles. The minimum absolute atomic E-state index is 0.1000. The largest absolute Gasteiger partial charge is 0.379 e. The third-order valence-electron chi connectivity index (χ3n) is 3.60. The molecule has 2 N–H and O–H groups in total. The Hall–Kier alpha value is -1.32. The third-order valence-corrected chi connectivity index (χ3v) is 3.60. The maximum atomic E-state index is 5.83. The number of hydrogen-bond donors (Lipinski definition) is 1. The number of ether oxygens (including phenoxy) is 1. The van der Waals surface area contributed by atoms with E-state index in [2.05, 4.69) is 48.7 Å². The number of nitrogens with two attached hydrogens (primary N) is 1. The number of rotatable bonds is 5. The molecule has 0 aliphatic carbocycles. The van der Waals surface area contributed by atoms with Gasteiger partial charge >= 0.3 is 0 Å². The Morgan fingerprint density at radius 2 is 2.00 bits per heavy atom. The van der Waals surface area contributed by atoms with Crippen LogP contribution in [0.5, 0.6) is 0 Å². The first kappa shape index (κ1) is 13.1. The molecule has 0 atom stereocenters. The number of hydrogen-bond acceptors (Lipinski definition) is 2. The summed E-state index contributed by atoms with van der Waals surface area (Å²) in [5, 5.41) is 1.26. The van der Waals surface area contributed by atoms with Gasteiger partial charge in [0.15, 0.2) is 0 Å². The van der Waals surface area contributed by atoms with E-state index < -0.39 is 0 Å². The average molecular weight is 246 g/mol. The van der Waals surface area contributed by atoms with Crippen molar-refractivity contribution in [1.82, 2.24) is 4.57 Å². The lowest BCUT2D eigenvalue weighted by Gasteiger charge is -2.23. The molecular weight excluding hydrogens is 224 g/mol. The van der Waals surface area contributed by atoms with Crippen LogP contribution in [0.4, 0.5) is 0 Å². The zero-order valence-corrected chi connectivity index (χ0v) is 11.4. The molecule has 3 nitrogen and oxygen atoms in total. The van der Waals surface area contributed by atoms with E-state index in [0.29, 0.717) is 6.54 Å². The first-order valence-electron chi connectivity index (χ1n) is 6.40. The van der Waals surface area contributed by atoms with Crippen molar-refractivity contribution >= 4 is 10.9 Å². The summed E-state index contributed by atoms with van der Waals surface area (Å²) < 4.78 is 7.78. The predicted molar refractivity (Wildman–Crippen MR) is 75.5 cm³/mol. The van der Waals surface area contributed by atoms with Gasteiger partial charge in [-0.25, -0.2) is 0 Å². The minimum Gasteiger partial charge on any atom is -0.379 e. The summed E-state index contributed by atoms with van der Waals surface area (Å²) >= 11 is 0. The topological polar surface area (TPSA) is 40.2 Å². The summed E-state index contributed by atoms with van der Waals surface area (Å²) in [5.74, 6) is 0. The van der Waals surface area contributed by atoms with E-state index in [4.69, 9.17) is 10.5 Å². The maximum absolute atomic E-state index is 5.83. The summed E-state index contributed by atoms with van der Waals surface area (Å²) in [4.78, 5) is 0. The molecule has 2 rings (SSSR count). The number of aryl methyl sites for hydroxylation is 1. The first-order chi connectivity index (χ1) is 8.57. The van der Waals surface area contributed by atoms with E-state index >= 15 is 0 Å². The SMILES string of the molecule is COC(C)(C)CCn1c(CN)cc2ccccc21. The molecule has 0 amide bonds. The van der Waals surface area contributed by atoms with Gasteiger partial charge in [-0.15, -0.1) is 0 Å². The zero-order chi connectivity index (χ0) is 13.2. The predicted octanol–water partition coefficient (Wildman–Crippen LogP) is 2.92. The van der Waals surface area contributed by atoms with Crippen LogP contribution in [0.25, 0.3) is 10.9 Å². The van der Waals surface area contributed by atoms with Gasteiger partial charge < -0.3 is 15.0 Å². The van der Waals surface area contributed by atoms with Gasteiger partial charge in [-0.3, -0.25) is 0 Å². The van der Waals surface area contributed by atoms with Crippen molar-refractivity contribution in [2.45, 2.75) is 39.0 Å². The molecule has 0 fully saturated rings. The second-order valence-corrected chi connectivity index (χ2v) is 5.26. The fourth-order valence-corrected chi connectivity index (χ4v) is 2.18. The van der Waals surface area contributed by atoms with E-state index in [1.807, 2.05) is 0 Å². The quantitative estimate of drug-likeness (QED) is 0.881. The standard InChI is InChI=1S/C15H22N2O/c1-15(2,18-3)8-9-17-13(11-16)10-12-6-4-5-7-14(12)17/h4-7,10H,8-9,11,16H2,1-3H3. The number of methoxy groups -OCH3 is 1. The first-order valence-corrected chi connectivity index (χ1v) is 6.40.